The minimum atomic E-state index is -0.506. The first kappa shape index (κ1) is 11.9. The highest BCUT2D eigenvalue weighted by Gasteiger charge is 2.11. The Morgan fingerprint density at radius 1 is 1.20 bits per heavy atom. The number of imidazole rings is 1. The third kappa shape index (κ3) is 1.89. The summed E-state index contributed by atoms with van der Waals surface area (Å²) in [6.07, 6.45) is 0. The predicted molar refractivity (Wildman–Crippen MR) is 74.8 cm³/mol. The number of hydrogen-bond acceptors (Lipinski definition) is 3. The molecule has 1 aromatic heterocycles. The predicted octanol–water partition coefficient (Wildman–Crippen LogP) is 2.20. The molecule has 1 amide bonds. The molecule has 3 N–H and O–H groups in total. The fraction of sp³-hybridized carbons (Fsp3) is 0. The van der Waals surface area contributed by atoms with Crippen LogP contribution in [0.1, 0.15) is 15.9 Å². The molecule has 0 radical (unpaired) electrons. The van der Waals surface area contributed by atoms with Crippen LogP contribution in [-0.2, 0) is 0 Å². The van der Waals surface area contributed by atoms with E-state index in [1.54, 1.807) is 36.4 Å². The number of rotatable bonds is 2. The van der Waals surface area contributed by atoms with Crippen molar-refractivity contribution in [3.63, 3.8) is 0 Å². The lowest BCUT2D eigenvalue weighted by molar-refractivity contribution is 0.100. The fourth-order valence-electron chi connectivity index (χ4n) is 2.07. The van der Waals surface area contributed by atoms with Gasteiger partial charge < -0.3 is 10.7 Å². The minimum Gasteiger partial charge on any atom is -0.366 e. The number of aromatic amines is 1. The van der Waals surface area contributed by atoms with Gasteiger partial charge in [-0.1, -0.05) is 6.07 Å². The number of benzene rings is 2. The van der Waals surface area contributed by atoms with Gasteiger partial charge in [0.25, 0.3) is 5.91 Å². The minimum absolute atomic E-state index is 0.388. The molecule has 0 aliphatic heterocycles. The molecule has 0 aliphatic carbocycles. The van der Waals surface area contributed by atoms with Crippen molar-refractivity contribution in [2.75, 3.05) is 0 Å². The molecule has 2 aromatic carbocycles. The molecule has 1 heterocycles. The lowest BCUT2D eigenvalue weighted by Gasteiger charge is -1.95. The molecule has 96 valence electrons. The smallest absolute Gasteiger partial charge is 0.250 e. The van der Waals surface area contributed by atoms with Crippen LogP contribution in [0.5, 0.6) is 0 Å². The van der Waals surface area contributed by atoms with Crippen LogP contribution >= 0.6 is 0 Å². The second-order valence-electron chi connectivity index (χ2n) is 4.34. The number of hydrogen-bond donors (Lipinski definition) is 2. The van der Waals surface area contributed by atoms with Gasteiger partial charge in [-0.05, 0) is 36.4 Å². The zero-order valence-electron chi connectivity index (χ0n) is 10.4. The first-order chi connectivity index (χ1) is 9.69. The highest BCUT2D eigenvalue weighted by atomic mass is 16.1. The van der Waals surface area contributed by atoms with Crippen LogP contribution in [0.2, 0.25) is 0 Å². The summed E-state index contributed by atoms with van der Waals surface area (Å²) in [5.41, 5.74) is 8.46. The summed E-state index contributed by atoms with van der Waals surface area (Å²) in [6.45, 7) is 0. The Morgan fingerprint density at radius 2 is 1.95 bits per heavy atom. The van der Waals surface area contributed by atoms with E-state index in [1.165, 1.54) is 0 Å². The third-order valence-corrected chi connectivity index (χ3v) is 3.07. The Morgan fingerprint density at radius 3 is 2.60 bits per heavy atom. The SMILES string of the molecule is N#Cc1ccc(-c2nc3c(C(N)=O)cccc3[nH]2)cc1. The van der Waals surface area contributed by atoms with Crippen LogP contribution in [0.15, 0.2) is 42.5 Å². The number of nitrogens with zero attached hydrogens (tertiary/aromatic N) is 2. The van der Waals surface area contributed by atoms with Gasteiger partial charge in [0.15, 0.2) is 0 Å². The van der Waals surface area contributed by atoms with Gasteiger partial charge in [-0.25, -0.2) is 4.98 Å². The molecule has 0 fully saturated rings. The van der Waals surface area contributed by atoms with Crippen molar-refractivity contribution in [1.29, 1.82) is 5.26 Å². The average molecular weight is 262 g/mol. The molecule has 5 heteroatoms. The maximum absolute atomic E-state index is 11.4. The van der Waals surface area contributed by atoms with Gasteiger partial charge >= 0.3 is 0 Å². The number of nitrogens with two attached hydrogens (primary N) is 1. The zero-order valence-corrected chi connectivity index (χ0v) is 10.4. The first-order valence-corrected chi connectivity index (χ1v) is 5.98. The monoisotopic (exact) mass is 262 g/mol. The second kappa shape index (κ2) is 4.52. The second-order valence-corrected chi connectivity index (χ2v) is 4.34. The van der Waals surface area contributed by atoms with Gasteiger partial charge in [0.05, 0.1) is 22.7 Å². The van der Waals surface area contributed by atoms with E-state index in [4.69, 9.17) is 11.0 Å². The van der Waals surface area contributed by atoms with Gasteiger partial charge in [0, 0.05) is 5.56 Å². The molecule has 3 aromatic rings. The molecular weight excluding hydrogens is 252 g/mol. The first-order valence-electron chi connectivity index (χ1n) is 5.98. The van der Waals surface area contributed by atoms with Gasteiger partial charge in [0.1, 0.15) is 11.3 Å². The highest BCUT2D eigenvalue weighted by Crippen LogP contribution is 2.22. The lowest BCUT2D eigenvalue weighted by Crippen LogP contribution is -2.11. The van der Waals surface area contributed by atoms with Crippen LogP contribution in [-0.4, -0.2) is 15.9 Å². The highest BCUT2D eigenvalue weighted by molar-refractivity contribution is 6.04. The van der Waals surface area contributed by atoms with Gasteiger partial charge in [-0.15, -0.1) is 0 Å². The molecule has 5 nitrogen and oxygen atoms in total. The Labute approximate surface area is 114 Å². The van der Waals surface area contributed by atoms with Crippen molar-refractivity contribution < 1.29 is 4.79 Å². The van der Waals surface area contributed by atoms with E-state index >= 15 is 0 Å². The topological polar surface area (TPSA) is 95.6 Å². The number of amides is 1. The maximum atomic E-state index is 11.4. The van der Waals surface area contributed by atoms with Gasteiger partial charge in [0.2, 0.25) is 0 Å². The van der Waals surface area contributed by atoms with Crippen LogP contribution in [0.4, 0.5) is 0 Å². The molecule has 0 unspecified atom stereocenters. The number of primary amides is 1. The summed E-state index contributed by atoms with van der Waals surface area (Å²) in [5, 5.41) is 8.79. The van der Waals surface area contributed by atoms with Gasteiger partial charge in [-0.3, -0.25) is 4.79 Å². The Kier molecular flexibility index (Phi) is 2.70. The fourth-order valence-corrected chi connectivity index (χ4v) is 2.07. The molecule has 20 heavy (non-hydrogen) atoms. The normalized spacial score (nSPS) is 10.3. The van der Waals surface area contributed by atoms with E-state index in [1.807, 2.05) is 6.07 Å². The van der Waals surface area contributed by atoms with E-state index in [0.29, 0.717) is 22.5 Å². The van der Waals surface area contributed by atoms with Crippen molar-refractivity contribution in [1.82, 2.24) is 9.97 Å². The number of carbonyl (C=O) groups excluding carboxylic acids is 1. The number of para-hydroxylation sites is 1. The van der Waals surface area contributed by atoms with Crippen molar-refractivity contribution in [2.45, 2.75) is 0 Å². The Balaban J connectivity index is 2.15. The number of carbonyl (C=O) groups is 1. The van der Waals surface area contributed by atoms with E-state index in [9.17, 15) is 4.79 Å². The van der Waals surface area contributed by atoms with E-state index in [-0.39, 0.29) is 0 Å². The summed E-state index contributed by atoms with van der Waals surface area (Å²) in [7, 11) is 0. The quantitative estimate of drug-likeness (QED) is 0.741. The number of aromatic nitrogens is 2. The molecular formula is C15H10N4O. The molecule has 0 bridgehead atoms. The average Bonchev–Trinajstić information content (AvgIpc) is 2.90. The maximum Gasteiger partial charge on any atom is 0.250 e. The standard InChI is InChI=1S/C15H10N4O/c16-8-9-4-6-10(7-5-9)15-18-12-3-1-2-11(14(17)20)13(12)19-15/h1-7H,(H2,17,20)(H,18,19). The summed E-state index contributed by atoms with van der Waals surface area (Å²) in [6, 6.07) is 14.4. The summed E-state index contributed by atoms with van der Waals surface area (Å²) in [4.78, 5) is 18.9. The zero-order chi connectivity index (χ0) is 14.1. The Bertz CT molecular complexity index is 840. The molecule has 0 saturated heterocycles. The van der Waals surface area contributed by atoms with Gasteiger partial charge in [-0.2, -0.15) is 5.26 Å². The van der Waals surface area contributed by atoms with E-state index in [2.05, 4.69) is 16.0 Å². The van der Waals surface area contributed by atoms with E-state index < -0.39 is 5.91 Å². The number of fused-ring (bicyclic) bond motifs is 1. The van der Waals surface area contributed by atoms with Crippen molar-refractivity contribution in [3.8, 4) is 17.5 Å². The van der Waals surface area contributed by atoms with Crippen LogP contribution in [0.3, 0.4) is 0 Å². The molecule has 0 aliphatic rings. The molecule has 0 saturated carbocycles. The van der Waals surface area contributed by atoms with Crippen molar-refractivity contribution in [3.05, 3.63) is 53.6 Å². The number of nitrogens with one attached hydrogen (secondary N) is 1. The summed E-state index contributed by atoms with van der Waals surface area (Å²) in [5.74, 6) is 0.131. The summed E-state index contributed by atoms with van der Waals surface area (Å²) < 4.78 is 0. The van der Waals surface area contributed by atoms with Crippen molar-refractivity contribution >= 4 is 16.9 Å². The van der Waals surface area contributed by atoms with Crippen molar-refractivity contribution in [2.24, 2.45) is 5.73 Å². The largest absolute Gasteiger partial charge is 0.366 e. The molecule has 0 spiro atoms. The summed E-state index contributed by atoms with van der Waals surface area (Å²) >= 11 is 0. The lowest BCUT2D eigenvalue weighted by atomic mass is 10.1. The number of H-pyrrole nitrogens is 1. The van der Waals surface area contributed by atoms with Crippen LogP contribution < -0.4 is 5.73 Å². The van der Waals surface area contributed by atoms with Crippen LogP contribution in [0.25, 0.3) is 22.4 Å². The third-order valence-electron chi connectivity index (χ3n) is 3.07. The number of nitriles is 1. The van der Waals surface area contributed by atoms with Crippen LogP contribution in [0, 0.1) is 11.3 Å². The molecule has 3 rings (SSSR count). The van der Waals surface area contributed by atoms with E-state index in [0.717, 1.165) is 11.1 Å². The Hall–Kier alpha value is -3.13. The molecule has 0 atom stereocenters.